The Morgan fingerprint density at radius 1 is 0.333 bits per heavy atom. The molecule has 0 aliphatic heterocycles. The van der Waals surface area contributed by atoms with Crippen LogP contribution in [0.25, 0.3) is 132 Å². The van der Waals surface area contributed by atoms with Crippen molar-refractivity contribution in [3.05, 3.63) is 200 Å². The Bertz CT molecular complexity index is 4180. The topological polar surface area (TPSA) is 61.7 Å². The largest absolute Gasteiger partial charge is 0.455 e. The molecule has 0 aliphatic rings. The van der Waals surface area contributed by atoms with Gasteiger partial charge in [-0.05, 0) is 80.8 Å². The molecule has 0 atom stereocenters. The second kappa shape index (κ2) is 12.9. The number of hydrogen-bond donors (Lipinski definition) is 0. The van der Waals surface area contributed by atoms with Crippen LogP contribution in [0.4, 0.5) is 0 Å². The van der Waals surface area contributed by atoms with Gasteiger partial charge in [0.25, 0.3) is 0 Å². The highest BCUT2D eigenvalue weighted by atomic mass is 16.3. The van der Waals surface area contributed by atoms with Crippen molar-refractivity contribution in [2.75, 3.05) is 0 Å². The Kier molecular flexibility index (Phi) is 7.02. The molecule has 6 heteroatoms. The molecule has 0 aliphatic carbocycles. The zero-order chi connectivity index (χ0) is 41.2. The van der Waals surface area contributed by atoms with E-state index in [1.807, 2.05) is 54.6 Å². The number of para-hydroxylation sites is 4. The maximum absolute atomic E-state index is 6.54. The van der Waals surface area contributed by atoms with Crippen molar-refractivity contribution in [2.24, 2.45) is 0 Å². The Hall–Kier alpha value is -8.61. The van der Waals surface area contributed by atoms with Gasteiger partial charge in [-0.15, -0.1) is 0 Å². The Labute approximate surface area is 359 Å². The van der Waals surface area contributed by atoms with Crippen LogP contribution < -0.4 is 0 Å². The molecule has 0 saturated carbocycles. The van der Waals surface area contributed by atoms with E-state index < -0.39 is 0 Å². The standard InChI is InChI=1S/C57H33N5O/c1-2-15-34(16-3-1)55-58-56(45-25-14-24-42-41-21-10-13-28-51(41)63-54(42)45)60-57(59-55)62-48-27-12-9-23-44(48)53-50(62)32-31-49-52(53)43-22-8-11-26-47(43)61(49)35-29-30-40-38-19-5-4-17-36(38)37-18-6-7-20-39(37)46(40)33-35/h1-33H. The summed E-state index contributed by atoms with van der Waals surface area (Å²) >= 11 is 0. The first-order chi connectivity index (χ1) is 31.3. The van der Waals surface area contributed by atoms with E-state index in [-0.39, 0.29) is 0 Å². The summed E-state index contributed by atoms with van der Waals surface area (Å²) in [5, 5.41) is 14.3. The molecule has 10 aromatic carbocycles. The van der Waals surface area contributed by atoms with Gasteiger partial charge in [0.2, 0.25) is 5.95 Å². The fraction of sp³-hybridized carbons (Fsp3) is 0. The average molecular weight is 804 g/mol. The third-order valence-corrected chi connectivity index (χ3v) is 13.0. The van der Waals surface area contributed by atoms with Gasteiger partial charge in [0.15, 0.2) is 11.6 Å². The van der Waals surface area contributed by atoms with Crippen LogP contribution in [-0.4, -0.2) is 24.1 Å². The van der Waals surface area contributed by atoms with Crippen molar-refractivity contribution < 1.29 is 4.42 Å². The molecule has 63 heavy (non-hydrogen) atoms. The minimum absolute atomic E-state index is 0.537. The second-order valence-corrected chi connectivity index (χ2v) is 16.3. The summed E-state index contributed by atoms with van der Waals surface area (Å²) in [7, 11) is 0. The summed E-state index contributed by atoms with van der Waals surface area (Å²) in [6.45, 7) is 0. The molecule has 0 saturated heterocycles. The van der Waals surface area contributed by atoms with Crippen LogP contribution >= 0.6 is 0 Å². The lowest BCUT2D eigenvalue weighted by atomic mass is 9.94. The normalized spacial score (nSPS) is 12.1. The van der Waals surface area contributed by atoms with E-state index in [0.29, 0.717) is 17.6 Å². The molecule has 0 fully saturated rings. The molecule has 0 N–H and O–H groups in total. The van der Waals surface area contributed by atoms with Gasteiger partial charge < -0.3 is 8.98 Å². The maximum atomic E-state index is 6.54. The van der Waals surface area contributed by atoms with Gasteiger partial charge in [-0.3, -0.25) is 4.57 Å². The lowest BCUT2D eigenvalue weighted by Gasteiger charge is -2.14. The highest BCUT2D eigenvalue weighted by Gasteiger charge is 2.24. The average Bonchev–Trinajstić information content (AvgIpc) is 4.02. The van der Waals surface area contributed by atoms with Crippen molar-refractivity contribution in [2.45, 2.75) is 0 Å². The molecule has 0 unspecified atom stereocenters. The second-order valence-electron chi connectivity index (χ2n) is 16.3. The first-order valence-corrected chi connectivity index (χ1v) is 21.3. The number of fused-ring (bicyclic) bond motifs is 16. The van der Waals surface area contributed by atoms with Crippen LogP contribution in [0.2, 0.25) is 0 Å². The van der Waals surface area contributed by atoms with E-state index in [1.54, 1.807) is 0 Å². The SMILES string of the molecule is c1ccc(-c2nc(-c3cccc4c3oc3ccccc34)nc(-n3c4ccccc4c4c5c6ccccc6n(-c6ccc7c8ccccc8c8ccccc8c7c6)c5ccc43)n2)cc1. The van der Waals surface area contributed by atoms with E-state index in [1.165, 1.54) is 43.1 Å². The smallest absolute Gasteiger partial charge is 0.238 e. The van der Waals surface area contributed by atoms with Gasteiger partial charge in [0.1, 0.15) is 11.2 Å². The highest BCUT2D eigenvalue weighted by Crippen LogP contribution is 2.44. The molecule has 14 aromatic rings. The Balaban J connectivity index is 1.05. The van der Waals surface area contributed by atoms with E-state index in [4.69, 9.17) is 19.4 Å². The minimum Gasteiger partial charge on any atom is -0.455 e. The van der Waals surface area contributed by atoms with Crippen LogP contribution in [-0.2, 0) is 0 Å². The molecule has 4 aromatic heterocycles. The molecular weight excluding hydrogens is 771 g/mol. The molecule has 14 rings (SSSR count). The molecular formula is C57H33N5O. The summed E-state index contributed by atoms with van der Waals surface area (Å²) in [4.78, 5) is 15.8. The quantitative estimate of drug-likeness (QED) is 0.166. The molecule has 0 amide bonds. The summed E-state index contributed by atoms with van der Waals surface area (Å²) < 4.78 is 11.2. The lowest BCUT2D eigenvalue weighted by Crippen LogP contribution is -2.06. The first kappa shape index (κ1) is 34.1. The van der Waals surface area contributed by atoms with Gasteiger partial charge in [0, 0.05) is 43.6 Å². The number of hydrogen-bond acceptors (Lipinski definition) is 4. The van der Waals surface area contributed by atoms with Crippen molar-refractivity contribution >= 4 is 97.9 Å². The molecule has 0 radical (unpaired) electrons. The third-order valence-electron chi connectivity index (χ3n) is 13.0. The number of nitrogens with zero attached hydrogens (tertiary/aromatic N) is 5. The first-order valence-electron chi connectivity index (χ1n) is 21.3. The van der Waals surface area contributed by atoms with Gasteiger partial charge in [0.05, 0.1) is 27.6 Å². The zero-order valence-electron chi connectivity index (χ0n) is 33.7. The zero-order valence-corrected chi connectivity index (χ0v) is 33.7. The van der Waals surface area contributed by atoms with Crippen LogP contribution in [0, 0.1) is 0 Å². The molecule has 6 nitrogen and oxygen atoms in total. The predicted octanol–water partition coefficient (Wildman–Crippen LogP) is 14.8. The highest BCUT2D eigenvalue weighted by molar-refractivity contribution is 6.29. The van der Waals surface area contributed by atoms with E-state index in [0.717, 1.165) is 71.6 Å². The fourth-order valence-corrected chi connectivity index (χ4v) is 10.3. The van der Waals surface area contributed by atoms with Crippen LogP contribution in [0.1, 0.15) is 0 Å². The van der Waals surface area contributed by atoms with Gasteiger partial charge in [-0.25, -0.2) is 4.98 Å². The van der Waals surface area contributed by atoms with Crippen molar-refractivity contribution in [1.82, 2.24) is 24.1 Å². The summed E-state index contributed by atoms with van der Waals surface area (Å²) in [6.07, 6.45) is 0. The number of benzene rings is 10. The summed E-state index contributed by atoms with van der Waals surface area (Å²) in [6, 6.07) is 70.9. The van der Waals surface area contributed by atoms with Crippen molar-refractivity contribution in [3.63, 3.8) is 0 Å². The van der Waals surface area contributed by atoms with Gasteiger partial charge in [-0.2, -0.15) is 9.97 Å². The third kappa shape index (κ3) is 4.86. The van der Waals surface area contributed by atoms with Crippen LogP contribution in [0.5, 0.6) is 0 Å². The van der Waals surface area contributed by atoms with Crippen LogP contribution in [0.15, 0.2) is 205 Å². The van der Waals surface area contributed by atoms with E-state index >= 15 is 0 Å². The molecule has 292 valence electrons. The Morgan fingerprint density at radius 3 is 1.56 bits per heavy atom. The minimum atomic E-state index is 0.537. The van der Waals surface area contributed by atoms with Crippen molar-refractivity contribution in [3.8, 4) is 34.4 Å². The van der Waals surface area contributed by atoms with Gasteiger partial charge in [-0.1, -0.05) is 152 Å². The van der Waals surface area contributed by atoms with E-state index in [2.05, 4.69) is 155 Å². The lowest BCUT2D eigenvalue weighted by molar-refractivity contribution is 0.669. The maximum Gasteiger partial charge on any atom is 0.238 e. The number of aromatic nitrogens is 5. The Morgan fingerprint density at radius 2 is 0.857 bits per heavy atom. The molecule has 0 spiro atoms. The van der Waals surface area contributed by atoms with Crippen molar-refractivity contribution in [1.29, 1.82) is 0 Å². The van der Waals surface area contributed by atoms with E-state index in [9.17, 15) is 0 Å². The summed E-state index contributed by atoms with van der Waals surface area (Å²) in [5.74, 6) is 1.67. The summed E-state index contributed by atoms with van der Waals surface area (Å²) in [5.41, 5.74) is 8.72. The number of rotatable bonds is 4. The fourth-order valence-electron chi connectivity index (χ4n) is 10.3. The van der Waals surface area contributed by atoms with Crippen LogP contribution in [0.3, 0.4) is 0 Å². The predicted molar refractivity (Wildman–Crippen MR) is 259 cm³/mol. The molecule has 4 heterocycles. The molecule has 0 bridgehead atoms. The monoisotopic (exact) mass is 803 g/mol. The van der Waals surface area contributed by atoms with Gasteiger partial charge >= 0.3 is 0 Å². The number of furan rings is 1.